The van der Waals surface area contributed by atoms with Crippen LogP contribution in [0.15, 0.2) is 115 Å². The fourth-order valence-corrected chi connectivity index (χ4v) is 5.17. The molecule has 172 valence electrons. The minimum atomic E-state index is 0.702. The summed E-state index contributed by atoms with van der Waals surface area (Å²) < 4.78 is 4.03. The third-order valence-electron chi connectivity index (χ3n) is 6.73. The van der Waals surface area contributed by atoms with E-state index in [1.165, 1.54) is 16.7 Å². The normalized spacial score (nSPS) is 11.9. The molecule has 0 saturated heterocycles. The van der Waals surface area contributed by atoms with E-state index in [0.29, 0.717) is 5.02 Å². The smallest absolute Gasteiger partial charge is 0.102 e. The number of hydrogen-bond acceptors (Lipinski definition) is 2. The van der Waals surface area contributed by atoms with E-state index in [-0.39, 0.29) is 0 Å². The van der Waals surface area contributed by atoms with E-state index in [1.54, 1.807) is 0 Å². The van der Waals surface area contributed by atoms with E-state index < -0.39 is 0 Å². The summed E-state index contributed by atoms with van der Waals surface area (Å²) in [5, 5.41) is 10.9. The van der Waals surface area contributed by atoms with Crippen LogP contribution < -0.4 is 0 Å². The molecule has 7 rings (SSSR count). The third-order valence-corrected chi connectivity index (χ3v) is 6.98. The first-order valence-electron chi connectivity index (χ1n) is 11.9. The van der Waals surface area contributed by atoms with Crippen molar-refractivity contribution >= 4 is 11.6 Å². The Morgan fingerprint density at radius 2 is 1.28 bits per heavy atom. The molecule has 5 heteroatoms. The number of fused-ring (bicyclic) bond motifs is 3. The molecule has 0 amide bonds. The van der Waals surface area contributed by atoms with Gasteiger partial charge in [0.15, 0.2) is 0 Å². The summed E-state index contributed by atoms with van der Waals surface area (Å²) in [4.78, 5) is 0. The Bertz CT molecular complexity index is 1700. The molecule has 0 aliphatic heterocycles. The van der Waals surface area contributed by atoms with Crippen molar-refractivity contribution in [2.24, 2.45) is 0 Å². The van der Waals surface area contributed by atoms with Crippen LogP contribution in [0.1, 0.15) is 11.1 Å². The van der Waals surface area contributed by atoms with Crippen LogP contribution in [-0.2, 0) is 6.42 Å². The number of nitrogens with zero attached hydrogens (tertiary/aromatic N) is 4. The van der Waals surface area contributed by atoms with Crippen molar-refractivity contribution in [3.63, 3.8) is 0 Å². The van der Waals surface area contributed by atoms with Gasteiger partial charge in [0.05, 0.1) is 22.8 Å². The zero-order valence-electron chi connectivity index (χ0n) is 19.3. The molecule has 0 spiro atoms. The van der Waals surface area contributed by atoms with Gasteiger partial charge in [-0.25, -0.2) is 9.36 Å². The summed E-state index contributed by atoms with van der Waals surface area (Å²) in [5.74, 6) is 0. The van der Waals surface area contributed by atoms with Crippen LogP contribution in [-0.4, -0.2) is 19.6 Å². The van der Waals surface area contributed by atoms with Gasteiger partial charge < -0.3 is 0 Å². The lowest BCUT2D eigenvalue weighted by molar-refractivity contribution is 0.881. The molecule has 4 aromatic carbocycles. The molecule has 1 aliphatic rings. The highest BCUT2D eigenvalue weighted by Gasteiger charge is 2.30. The quantitative estimate of drug-likeness (QED) is 0.257. The Hall–Kier alpha value is -4.41. The fourth-order valence-electron chi connectivity index (χ4n) is 5.04. The van der Waals surface area contributed by atoms with Crippen LogP contribution in [0.25, 0.3) is 45.1 Å². The molecule has 0 N–H and O–H groups in total. The van der Waals surface area contributed by atoms with E-state index in [1.807, 2.05) is 65.3 Å². The predicted molar refractivity (Wildman–Crippen MR) is 145 cm³/mol. The van der Waals surface area contributed by atoms with E-state index in [4.69, 9.17) is 21.8 Å². The van der Waals surface area contributed by atoms with Gasteiger partial charge >= 0.3 is 0 Å². The van der Waals surface area contributed by atoms with Crippen molar-refractivity contribution in [3.8, 4) is 45.1 Å². The van der Waals surface area contributed by atoms with Crippen LogP contribution in [0, 0.1) is 0 Å². The van der Waals surface area contributed by atoms with Crippen molar-refractivity contribution in [1.82, 2.24) is 19.6 Å². The second-order valence-electron chi connectivity index (χ2n) is 8.94. The molecule has 1 aliphatic carbocycles. The van der Waals surface area contributed by atoms with E-state index in [0.717, 1.165) is 46.0 Å². The minimum Gasteiger partial charge on any atom is -0.240 e. The molecule has 2 heterocycles. The molecular weight excluding hydrogens is 464 g/mol. The van der Waals surface area contributed by atoms with Crippen molar-refractivity contribution in [2.45, 2.75) is 6.42 Å². The van der Waals surface area contributed by atoms with Gasteiger partial charge in [0.1, 0.15) is 5.69 Å². The Balaban J connectivity index is 1.52. The fraction of sp³-hybridized carbons (Fsp3) is 0.0323. The highest BCUT2D eigenvalue weighted by molar-refractivity contribution is 6.30. The zero-order chi connectivity index (χ0) is 24.1. The highest BCUT2D eigenvalue weighted by Crippen LogP contribution is 2.44. The SMILES string of the molecule is Clc1ccc(-c2nn(-c3ccccc3)cc2-c2c3c(nn2-c2ccccc2)-c2ccccc2C3)cc1. The summed E-state index contributed by atoms with van der Waals surface area (Å²) in [6.45, 7) is 0. The molecule has 0 radical (unpaired) electrons. The Morgan fingerprint density at radius 3 is 2.03 bits per heavy atom. The molecule has 0 saturated carbocycles. The number of rotatable bonds is 4. The van der Waals surface area contributed by atoms with Gasteiger partial charge in [-0.3, -0.25) is 0 Å². The first-order valence-corrected chi connectivity index (χ1v) is 12.3. The molecule has 0 unspecified atom stereocenters. The van der Waals surface area contributed by atoms with Crippen LogP contribution in [0.2, 0.25) is 5.02 Å². The molecule has 2 aromatic heterocycles. The van der Waals surface area contributed by atoms with Crippen LogP contribution in [0.3, 0.4) is 0 Å². The summed E-state index contributed by atoms with van der Waals surface area (Å²) in [5.41, 5.74) is 10.8. The van der Waals surface area contributed by atoms with Gasteiger partial charge in [-0.1, -0.05) is 84.4 Å². The molecule has 36 heavy (non-hydrogen) atoms. The molecule has 6 aromatic rings. The maximum absolute atomic E-state index is 6.23. The van der Waals surface area contributed by atoms with Crippen LogP contribution >= 0.6 is 11.6 Å². The Kier molecular flexibility index (Phi) is 4.86. The standard InChI is InChI=1S/C31H21ClN4/c32-23-17-15-21(16-18-23)29-28(20-35(33-29)24-10-3-1-4-11-24)31-27-19-22-9-7-8-14-26(22)30(27)34-36(31)25-12-5-2-6-13-25/h1-18,20H,19H2. The average Bonchev–Trinajstić information content (AvgIpc) is 3.62. The predicted octanol–water partition coefficient (Wildman–Crippen LogP) is 7.62. The zero-order valence-corrected chi connectivity index (χ0v) is 20.1. The highest BCUT2D eigenvalue weighted by atomic mass is 35.5. The molecule has 4 nitrogen and oxygen atoms in total. The third kappa shape index (κ3) is 3.38. The maximum Gasteiger partial charge on any atom is 0.102 e. The lowest BCUT2D eigenvalue weighted by atomic mass is 10.0. The van der Waals surface area contributed by atoms with E-state index in [9.17, 15) is 0 Å². The first kappa shape index (κ1) is 20.9. The van der Waals surface area contributed by atoms with Crippen molar-refractivity contribution in [2.75, 3.05) is 0 Å². The summed E-state index contributed by atoms with van der Waals surface area (Å²) in [7, 11) is 0. The maximum atomic E-state index is 6.23. The summed E-state index contributed by atoms with van der Waals surface area (Å²) >= 11 is 6.23. The summed E-state index contributed by atoms with van der Waals surface area (Å²) in [6, 6.07) is 37.0. The number of benzene rings is 4. The van der Waals surface area contributed by atoms with Gasteiger partial charge in [-0.05, 0) is 42.0 Å². The number of aromatic nitrogens is 4. The Labute approximate surface area is 214 Å². The largest absolute Gasteiger partial charge is 0.240 e. The van der Waals surface area contributed by atoms with E-state index >= 15 is 0 Å². The lowest BCUT2D eigenvalue weighted by Gasteiger charge is -2.10. The molecule has 0 bridgehead atoms. The van der Waals surface area contributed by atoms with E-state index in [2.05, 4.69) is 59.4 Å². The summed E-state index contributed by atoms with van der Waals surface area (Å²) in [6.07, 6.45) is 2.96. The van der Waals surface area contributed by atoms with Crippen molar-refractivity contribution in [3.05, 3.63) is 132 Å². The topological polar surface area (TPSA) is 35.6 Å². The van der Waals surface area contributed by atoms with Gasteiger partial charge in [0.25, 0.3) is 0 Å². The lowest BCUT2D eigenvalue weighted by Crippen LogP contribution is -2.01. The minimum absolute atomic E-state index is 0.702. The van der Waals surface area contributed by atoms with Gasteiger partial charge in [0.2, 0.25) is 0 Å². The second kappa shape index (κ2) is 8.36. The van der Waals surface area contributed by atoms with Crippen molar-refractivity contribution < 1.29 is 0 Å². The number of halogens is 1. The number of para-hydroxylation sites is 2. The molecule has 0 atom stereocenters. The van der Waals surface area contributed by atoms with Crippen LogP contribution in [0.5, 0.6) is 0 Å². The Morgan fingerprint density at radius 1 is 0.611 bits per heavy atom. The van der Waals surface area contributed by atoms with Crippen molar-refractivity contribution in [1.29, 1.82) is 0 Å². The number of hydrogen-bond donors (Lipinski definition) is 0. The average molecular weight is 485 g/mol. The molecule has 0 fully saturated rings. The van der Waals surface area contributed by atoms with Gasteiger partial charge in [0, 0.05) is 39.9 Å². The molecular formula is C31H21ClN4. The monoisotopic (exact) mass is 484 g/mol. The van der Waals surface area contributed by atoms with Crippen LogP contribution in [0.4, 0.5) is 0 Å². The van der Waals surface area contributed by atoms with Gasteiger partial charge in [-0.2, -0.15) is 10.2 Å². The first-order chi connectivity index (χ1) is 17.8. The van der Waals surface area contributed by atoms with Gasteiger partial charge in [-0.15, -0.1) is 0 Å². The second-order valence-corrected chi connectivity index (χ2v) is 9.37.